The van der Waals surface area contributed by atoms with Gasteiger partial charge in [-0.2, -0.15) is 0 Å². The van der Waals surface area contributed by atoms with Gasteiger partial charge in [-0.05, 0) is 39.3 Å². The van der Waals surface area contributed by atoms with E-state index in [0.717, 1.165) is 0 Å². The molecule has 0 saturated carbocycles. The highest BCUT2D eigenvalue weighted by molar-refractivity contribution is 5.87. The van der Waals surface area contributed by atoms with Gasteiger partial charge in [-0.3, -0.25) is 0 Å². The molecule has 0 saturated heterocycles. The lowest BCUT2D eigenvalue weighted by Gasteiger charge is -2.19. The van der Waals surface area contributed by atoms with Crippen molar-refractivity contribution in [1.82, 2.24) is 10.3 Å². The topological polar surface area (TPSA) is 101 Å². The Morgan fingerprint density at radius 3 is 2.52 bits per heavy atom. The summed E-state index contributed by atoms with van der Waals surface area (Å²) in [4.78, 5) is 26.0. The monoisotopic (exact) mass is 295 g/mol. The zero-order valence-corrected chi connectivity index (χ0v) is 12.5. The zero-order valence-electron chi connectivity index (χ0n) is 12.5. The molecule has 0 aliphatic heterocycles. The van der Waals surface area contributed by atoms with Gasteiger partial charge in [0, 0.05) is 19.3 Å². The van der Waals surface area contributed by atoms with Crippen molar-refractivity contribution < 1.29 is 19.4 Å². The minimum Gasteiger partial charge on any atom is -0.478 e. The molecule has 7 nitrogen and oxygen atoms in total. The Hall–Kier alpha value is -2.31. The first-order valence-corrected chi connectivity index (χ1v) is 6.68. The Morgan fingerprint density at radius 2 is 2.00 bits per heavy atom. The first kappa shape index (κ1) is 16.7. The maximum absolute atomic E-state index is 11.4. The minimum absolute atomic E-state index is 0.146. The van der Waals surface area contributed by atoms with Gasteiger partial charge in [0.15, 0.2) is 0 Å². The van der Waals surface area contributed by atoms with Crippen LogP contribution in [-0.2, 0) is 4.74 Å². The molecule has 3 N–H and O–H groups in total. The van der Waals surface area contributed by atoms with Crippen molar-refractivity contribution in [3.63, 3.8) is 0 Å². The average Bonchev–Trinajstić information content (AvgIpc) is 2.36. The first-order chi connectivity index (χ1) is 9.78. The molecule has 0 aromatic carbocycles. The predicted molar refractivity (Wildman–Crippen MR) is 78.5 cm³/mol. The van der Waals surface area contributed by atoms with Crippen LogP contribution in [0.25, 0.3) is 0 Å². The van der Waals surface area contributed by atoms with Crippen molar-refractivity contribution in [1.29, 1.82) is 0 Å². The molecule has 0 bridgehead atoms. The Kier molecular flexibility index (Phi) is 5.95. The summed E-state index contributed by atoms with van der Waals surface area (Å²) in [6.07, 6.45) is 1.55. The fourth-order valence-corrected chi connectivity index (χ4v) is 1.43. The molecule has 1 rings (SSSR count). The fraction of sp³-hybridized carbons (Fsp3) is 0.500. The number of carbonyl (C=O) groups is 2. The number of nitrogens with one attached hydrogen (secondary N) is 2. The predicted octanol–water partition coefficient (Wildman–Crippen LogP) is 2.11. The Balaban J connectivity index is 2.19. The number of rotatable bonds is 6. The number of aromatic nitrogens is 1. The molecule has 0 radical (unpaired) electrons. The van der Waals surface area contributed by atoms with Crippen molar-refractivity contribution in [2.45, 2.75) is 32.8 Å². The third-order valence-electron chi connectivity index (χ3n) is 2.34. The van der Waals surface area contributed by atoms with Crippen LogP contribution in [-0.4, -0.2) is 40.8 Å². The number of anilines is 1. The van der Waals surface area contributed by atoms with E-state index in [-0.39, 0.29) is 5.56 Å². The fourth-order valence-electron chi connectivity index (χ4n) is 1.43. The SMILES string of the molecule is CC(C)(C)OC(=O)NCCCNc1ccc(C(=O)O)cn1. The molecule has 0 aliphatic carbocycles. The molecule has 0 fully saturated rings. The van der Waals surface area contributed by atoms with E-state index in [1.54, 1.807) is 26.8 Å². The van der Waals surface area contributed by atoms with Gasteiger partial charge >= 0.3 is 12.1 Å². The van der Waals surface area contributed by atoms with Crippen molar-refractivity contribution in [3.05, 3.63) is 23.9 Å². The minimum atomic E-state index is -1.00. The summed E-state index contributed by atoms with van der Waals surface area (Å²) in [5.41, 5.74) is -0.356. The lowest BCUT2D eigenvalue weighted by Crippen LogP contribution is -2.33. The van der Waals surface area contributed by atoms with Crippen LogP contribution in [0.2, 0.25) is 0 Å². The number of hydrogen-bond donors (Lipinski definition) is 3. The van der Waals surface area contributed by atoms with Gasteiger partial charge in [0.25, 0.3) is 0 Å². The molecule has 0 aliphatic rings. The highest BCUT2D eigenvalue weighted by atomic mass is 16.6. The standard InChI is InChI=1S/C14H21N3O4/c1-14(2,3)21-13(20)16-8-4-7-15-11-6-5-10(9-17-11)12(18)19/h5-6,9H,4,7-8H2,1-3H3,(H,15,17)(H,16,20)(H,18,19). The van der Waals surface area contributed by atoms with Crippen LogP contribution in [0.1, 0.15) is 37.6 Å². The Bertz CT molecular complexity index is 480. The summed E-state index contributed by atoms with van der Waals surface area (Å²) in [5.74, 6) is -0.409. The number of hydrogen-bond acceptors (Lipinski definition) is 5. The van der Waals surface area contributed by atoms with Crippen LogP contribution in [0.3, 0.4) is 0 Å². The van der Waals surface area contributed by atoms with E-state index in [0.29, 0.717) is 25.3 Å². The average molecular weight is 295 g/mol. The molecule has 1 amide bonds. The number of carbonyl (C=O) groups excluding carboxylic acids is 1. The summed E-state index contributed by atoms with van der Waals surface area (Å²) in [6, 6.07) is 3.08. The molecule has 0 spiro atoms. The van der Waals surface area contributed by atoms with Gasteiger partial charge in [0.1, 0.15) is 11.4 Å². The van der Waals surface area contributed by atoms with E-state index in [2.05, 4.69) is 15.6 Å². The second kappa shape index (κ2) is 7.47. The number of carboxylic acids is 1. The molecule has 1 aromatic rings. The van der Waals surface area contributed by atoms with Crippen LogP contribution in [0.4, 0.5) is 10.6 Å². The summed E-state index contributed by atoms with van der Waals surface area (Å²) >= 11 is 0. The van der Waals surface area contributed by atoms with E-state index in [1.165, 1.54) is 12.3 Å². The number of nitrogens with zero attached hydrogens (tertiary/aromatic N) is 1. The molecule has 7 heteroatoms. The molecule has 1 aromatic heterocycles. The van der Waals surface area contributed by atoms with Crippen LogP contribution < -0.4 is 10.6 Å². The normalized spacial score (nSPS) is 10.8. The summed E-state index contributed by atoms with van der Waals surface area (Å²) < 4.78 is 5.10. The van der Waals surface area contributed by atoms with Crippen LogP contribution in [0, 0.1) is 0 Å². The van der Waals surface area contributed by atoms with E-state index in [4.69, 9.17) is 9.84 Å². The number of aromatic carboxylic acids is 1. The number of amides is 1. The van der Waals surface area contributed by atoms with E-state index < -0.39 is 17.7 Å². The molecule has 116 valence electrons. The highest BCUT2D eigenvalue weighted by Crippen LogP contribution is 2.06. The van der Waals surface area contributed by atoms with Crippen LogP contribution >= 0.6 is 0 Å². The zero-order chi connectivity index (χ0) is 15.9. The van der Waals surface area contributed by atoms with Crippen molar-refractivity contribution in [2.75, 3.05) is 18.4 Å². The molecule has 0 atom stereocenters. The van der Waals surface area contributed by atoms with Gasteiger partial charge in [-0.1, -0.05) is 0 Å². The summed E-state index contributed by atoms with van der Waals surface area (Å²) in [5, 5.41) is 14.4. The quantitative estimate of drug-likeness (QED) is 0.695. The number of alkyl carbamates (subject to hydrolysis) is 1. The van der Waals surface area contributed by atoms with E-state index in [1.807, 2.05) is 0 Å². The number of ether oxygens (including phenoxy) is 1. The van der Waals surface area contributed by atoms with Crippen molar-refractivity contribution in [3.8, 4) is 0 Å². The van der Waals surface area contributed by atoms with Gasteiger partial charge < -0.3 is 20.5 Å². The van der Waals surface area contributed by atoms with Gasteiger partial charge in [-0.15, -0.1) is 0 Å². The maximum Gasteiger partial charge on any atom is 0.407 e. The highest BCUT2D eigenvalue weighted by Gasteiger charge is 2.15. The summed E-state index contributed by atoms with van der Waals surface area (Å²) in [7, 11) is 0. The second-order valence-corrected chi connectivity index (χ2v) is 5.45. The lowest BCUT2D eigenvalue weighted by molar-refractivity contribution is 0.0527. The van der Waals surface area contributed by atoms with Gasteiger partial charge in [-0.25, -0.2) is 14.6 Å². The lowest BCUT2D eigenvalue weighted by atomic mass is 10.2. The molecular formula is C14H21N3O4. The van der Waals surface area contributed by atoms with Gasteiger partial charge in [0.2, 0.25) is 0 Å². The van der Waals surface area contributed by atoms with Gasteiger partial charge in [0.05, 0.1) is 5.56 Å². The Morgan fingerprint density at radius 1 is 1.29 bits per heavy atom. The van der Waals surface area contributed by atoms with E-state index in [9.17, 15) is 9.59 Å². The first-order valence-electron chi connectivity index (χ1n) is 6.68. The third kappa shape index (κ3) is 7.14. The van der Waals surface area contributed by atoms with E-state index >= 15 is 0 Å². The number of pyridine rings is 1. The second-order valence-electron chi connectivity index (χ2n) is 5.45. The van der Waals surface area contributed by atoms with Crippen LogP contribution in [0.15, 0.2) is 18.3 Å². The molecular weight excluding hydrogens is 274 g/mol. The smallest absolute Gasteiger partial charge is 0.407 e. The largest absolute Gasteiger partial charge is 0.478 e. The molecule has 0 unspecified atom stereocenters. The van der Waals surface area contributed by atoms with Crippen LogP contribution in [0.5, 0.6) is 0 Å². The van der Waals surface area contributed by atoms with Crippen molar-refractivity contribution >= 4 is 17.9 Å². The number of carboxylic acid groups (broad SMARTS) is 1. The summed E-state index contributed by atoms with van der Waals surface area (Å²) in [6.45, 7) is 6.51. The molecule has 21 heavy (non-hydrogen) atoms. The van der Waals surface area contributed by atoms with Crippen molar-refractivity contribution in [2.24, 2.45) is 0 Å². The Labute approximate surface area is 123 Å². The molecule has 1 heterocycles. The third-order valence-corrected chi connectivity index (χ3v) is 2.34. The maximum atomic E-state index is 11.4.